The molecule has 0 radical (unpaired) electrons. The Morgan fingerprint density at radius 3 is 3.00 bits per heavy atom. The predicted molar refractivity (Wildman–Crippen MR) is 83.1 cm³/mol. The minimum absolute atomic E-state index is 0.00315. The quantitative estimate of drug-likeness (QED) is 0.948. The smallest absolute Gasteiger partial charge is 0.271 e. The highest BCUT2D eigenvalue weighted by Gasteiger charge is 2.22. The van der Waals surface area contributed by atoms with E-state index in [4.69, 9.17) is 4.74 Å². The lowest BCUT2D eigenvalue weighted by molar-refractivity contribution is 0.0911. The minimum atomic E-state index is -0.119. The van der Waals surface area contributed by atoms with Gasteiger partial charge in [0.2, 0.25) is 0 Å². The van der Waals surface area contributed by atoms with Crippen LogP contribution < -0.4 is 10.1 Å². The first-order valence-electron chi connectivity index (χ1n) is 7.10. The number of ether oxygens (including phenoxy) is 1. The Labute approximate surface area is 128 Å². The molecule has 21 heavy (non-hydrogen) atoms. The van der Waals surface area contributed by atoms with Crippen LogP contribution in [-0.2, 0) is 6.42 Å². The molecular formula is C16H18N2O2S. The van der Waals surface area contributed by atoms with Gasteiger partial charge >= 0.3 is 0 Å². The summed E-state index contributed by atoms with van der Waals surface area (Å²) in [4.78, 5) is 16.6. The highest BCUT2D eigenvalue weighted by molar-refractivity contribution is 7.09. The van der Waals surface area contributed by atoms with Crippen molar-refractivity contribution in [3.8, 4) is 5.75 Å². The van der Waals surface area contributed by atoms with Crippen LogP contribution in [0.2, 0.25) is 0 Å². The van der Waals surface area contributed by atoms with Crippen molar-refractivity contribution in [2.45, 2.75) is 32.2 Å². The number of rotatable bonds is 3. The molecule has 1 aromatic carbocycles. The number of carbonyl (C=O) groups is 1. The molecule has 1 N–H and O–H groups in total. The van der Waals surface area contributed by atoms with Gasteiger partial charge < -0.3 is 10.1 Å². The zero-order chi connectivity index (χ0) is 14.8. The molecule has 1 aliphatic rings. The van der Waals surface area contributed by atoms with E-state index in [9.17, 15) is 4.79 Å². The number of nitrogens with zero attached hydrogens (tertiary/aromatic N) is 1. The molecule has 0 bridgehead atoms. The second-order valence-electron chi connectivity index (χ2n) is 5.52. The summed E-state index contributed by atoms with van der Waals surface area (Å²) >= 11 is 1.53. The van der Waals surface area contributed by atoms with E-state index in [-0.39, 0.29) is 11.9 Å². The van der Waals surface area contributed by atoms with Crippen LogP contribution >= 0.6 is 11.3 Å². The third-order valence-corrected chi connectivity index (χ3v) is 4.61. The normalized spacial score (nSPS) is 17.2. The van der Waals surface area contributed by atoms with Crippen molar-refractivity contribution < 1.29 is 9.53 Å². The second kappa shape index (κ2) is 5.85. The summed E-state index contributed by atoms with van der Waals surface area (Å²) in [5, 5.41) is 5.82. The largest absolute Gasteiger partial charge is 0.491 e. The standard InChI is InChI=1S/C16H18N2O2S/c1-10(2)16-18-13(9-21-16)15(19)17-12-7-11-5-3-4-6-14(11)20-8-12/h3-6,9-10,12H,7-8H2,1-2H3,(H,17,19). The summed E-state index contributed by atoms with van der Waals surface area (Å²) in [6.45, 7) is 4.66. The van der Waals surface area contributed by atoms with Gasteiger partial charge in [-0.25, -0.2) is 4.98 Å². The molecule has 4 nitrogen and oxygen atoms in total. The van der Waals surface area contributed by atoms with Gasteiger partial charge in [0.25, 0.3) is 5.91 Å². The fraction of sp³-hybridized carbons (Fsp3) is 0.375. The Kier molecular flexibility index (Phi) is 3.92. The van der Waals surface area contributed by atoms with Crippen LogP contribution in [0.15, 0.2) is 29.6 Å². The molecule has 2 aromatic rings. The van der Waals surface area contributed by atoms with E-state index < -0.39 is 0 Å². The van der Waals surface area contributed by atoms with Gasteiger partial charge in [0.05, 0.1) is 11.0 Å². The van der Waals surface area contributed by atoms with Gasteiger partial charge in [-0.3, -0.25) is 4.79 Å². The van der Waals surface area contributed by atoms with Gasteiger partial charge in [0, 0.05) is 11.3 Å². The Morgan fingerprint density at radius 1 is 1.43 bits per heavy atom. The number of hydrogen-bond acceptors (Lipinski definition) is 4. The maximum absolute atomic E-state index is 12.2. The first-order chi connectivity index (χ1) is 10.1. The molecule has 110 valence electrons. The van der Waals surface area contributed by atoms with Crippen molar-refractivity contribution in [2.24, 2.45) is 0 Å². The first kappa shape index (κ1) is 14.1. The molecule has 5 heteroatoms. The van der Waals surface area contributed by atoms with Crippen molar-refractivity contribution in [2.75, 3.05) is 6.61 Å². The molecule has 0 aliphatic carbocycles. The number of hydrogen-bond donors (Lipinski definition) is 1. The van der Waals surface area contributed by atoms with Crippen LogP contribution in [0.1, 0.15) is 40.8 Å². The van der Waals surface area contributed by atoms with Gasteiger partial charge in [-0.2, -0.15) is 0 Å². The Morgan fingerprint density at radius 2 is 2.24 bits per heavy atom. The molecule has 1 aromatic heterocycles. The molecular weight excluding hydrogens is 284 g/mol. The van der Waals surface area contributed by atoms with Crippen LogP contribution in [-0.4, -0.2) is 23.5 Å². The van der Waals surface area contributed by atoms with E-state index in [1.807, 2.05) is 29.6 Å². The zero-order valence-corrected chi connectivity index (χ0v) is 12.9. The summed E-state index contributed by atoms with van der Waals surface area (Å²) in [5.74, 6) is 1.14. The summed E-state index contributed by atoms with van der Waals surface area (Å²) in [6, 6.07) is 7.94. The minimum Gasteiger partial charge on any atom is -0.491 e. The van der Waals surface area contributed by atoms with Crippen LogP contribution in [0.4, 0.5) is 0 Å². The lowest BCUT2D eigenvalue weighted by atomic mass is 10.0. The number of thiazole rings is 1. The monoisotopic (exact) mass is 302 g/mol. The SMILES string of the molecule is CC(C)c1nc(C(=O)NC2COc3ccccc3C2)cs1. The van der Waals surface area contributed by atoms with E-state index in [0.717, 1.165) is 22.7 Å². The van der Waals surface area contributed by atoms with E-state index in [2.05, 4.69) is 24.1 Å². The average Bonchev–Trinajstić information content (AvgIpc) is 2.97. The lowest BCUT2D eigenvalue weighted by Crippen LogP contribution is -2.42. The van der Waals surface area contributed by atoms with Crippen molar-refractivity contribution >= 4 is 17.2 Å². The molecule has 1 aliphatic heterocycles. The molecule has 0 fully saturated rings. The third-order valence-electron chi connectivity index (χ3n) is 3.46. The highest BCUT2D eigenvalue weighted by atomic mass is 32.1. The van der Waals surface area contributed by atoms with Crippen LogP contribution in [0.5, 0.6) is 5.75 Å². The fourth-order valence-corrected chi connectivity index (χ4v) is 3.15. The van der Waals surface area contributed by atoms with Crippen molar-refractivity contribution in [1.82, 2.24) is 10.3 Å². The lowest BCUT2D eigenvalue weighted by Gasteiger charge is -2.25. The summed E-state index contributed by atoms with van der Waals surface area (Å²) < 4.78 is 5.68. The molecule has 1 unspecified atom stereocenters. The zero-order valence-electron chi connectivity index (χ0n) is 12.1. The van der Waals surface area contributed by atoms with E-state index in [1.165, 1.54) is 11.3 Å². The maximum Gasteiger partial charge on any atom is 0.271 e. The molecule has 3 rings (SSSR count). The van der Waals surface area contributed by atoms with E-state index in [0.29, 0.717) is 18.2 Å². The average molecular weight is 302 g/mol. The number of para-hydroxylation sites is 1. The van der Waals surface area contributed by atoms with Crippen molar-refractivity contribution in [1.29, 1.82) is 0 Å². The Hall–Kier alpha value is -1.88. The molecule has 0 saturated carbocycles. The van der Waals surface area contributed by atoms with Gasteiger partial charge in [-0.15, -0.1) is 11.3 Å². The summed E-state index contributed by atoms with van der Waals surface area (Å²) in [6.07, 6.45) is 0.795. The van der Waals surface area contributed by atoms with Crippen LogP contribution in [0.3, 0.4) is 0 Å². The fourth-order valence-electron chi connectivity index (χ4n) is 2.34. The molecule has 0 saturated heterocycles. The third kappa shape index (κ3) is 3.08. The molecule has 0 spiro atoms. The highest BCUT2D eigenvalue weighted by Crippen LogP contribution is 2.24. The number of carbonyl (C=O) groups excluding carboxylic acids is 1. The number of aromatic nitrogens is 1. The van der Waals surface area contributed by atoms with Gasteiger partial charge in [-0.1, -0.05) is 32.0 Å². The summed E-state index contributed by atoms with van der Waals surface area (Å²) in [5.41, 5.74) is 1.64. The van der Waals surface area contributed by atoms with E-state index >= 15 is 0 Å². The Balaban J connectivity index is 1.66. The van der Waals surface area contributed by atoms with Crippen LogP contribution in [0.25, 0.3) is 0 Å². The van der Waals surface area contributed by atoms with Gasteiger partial charge in [0.1, 0.15) is 18.1 Å². The predicted octanol–water partition coefficient (Wildman–Crippen LogP) is 3.00. The molecule has 1 amide bonds. The number of benzene rings is 1. The maximum atomic E-state index is 12.2. The second-order valence-corrected chi connectivity index (χ2v) is 6.41. The van der Waals surface area contributed by atoms with Gasteiger partial charge in [-0.05, 0) is 18.1 Å². The van der Waals surface area contributed by atoms with Crippen molar-refractivity contribution in [3.63, 3.8) is 0 Å². The van der Waals surface area contributed by atoms with E-state index in [1.54, 1.807) is 0 Å². The topological polar surface area (TPSA) is 51.2 Å². The molecule has 1 atom stereocenters. The Bertz CT molecular complexity index is 651. The summed E-state index contributed by atoms with van der Waals surface area (Å²) in [7, 11) is 0. The number of fused-ring (bicyclic) bond motifs is 1. The van der Waals surface area contributed by atoms with Crippen LogP contribution in [0, 0.1) is 0 Å². The van der Waals surface area contributed by atoms with Gasteiger partial charge in [0.15, 0.2) is 0 Å². The van der Waals surface area contributed by atoms with Crippen molar-refractivity contribution in [3.05, 3.63) is 45.9 Å². The first-order valence-corrected chi connectivity index (χ1v) is 7.98. The number of nitrogens with one attached hydrogen (secondary N) is 1. The number of amides is 1. The molecule has 2 heterocycles.